The quantitative estimate of drug-likeness (QED) is 0.359. The van der Waals surface area contributed by atoms with Crippen molar-refractivity contribution in [3.8, 4) is 0 Å². The molecule has 0 bridgehead atoms. The molecule has 4 aromatic rings. The minimum absolute atomic E-state index is 0.0149. The smallest absolute Gasteiger partial charge is 0.227 e. The molecule has 1 aliphatic heterocycles. The van der Waals surface area contributed by atoms with E-state index in [1.807, 2.05) is 42.5 Å². The Kier molecular flexibility index (Phi) is 5.48. The molecular weight excluding hydrogens is 418 g/mol. The molecule has 0 aliphatic carbocycles. The second-order valence-electron chi connectivity index (χ2n) is 8.80. The molecule has 162 valence electrons. The molecule has 5 heteroatoms. The van der Waals surface area contributed by atoms with Crippen molar-refractivity contribution in [3.63, 3.8) is 0 Å². The van der Waals surface area contributed by atoms with E-state index in [-0.39, 0.29) is 11.8 Å². The molecular formula is C27H26ClN3O. The number of hydrogen-bond acceptors (Lipinski definition) is 2. The van der Waals surface area contributed by atoms with Gasteiger partial charge in [0.25, 0.3) is 0 Å². The maximum atomic E-state index is 12.9. The van der Waals surface area contributed by atoms with E-state index >= 15 is 0 Å². The fraction of sp³-hybridized carbons (Fsp3) is 0.259. The number of carbonyl (C=O) groups is 1. The van der Waals surface area contributed by atoms with Crippen LogP contribution in [0.3, 0.4) is 0 Å². The van der Waals surface area contributed by atoms with E-state index in [4.69, 9.17) is 16.6 Å². The number of imidazole rings is 1. The van der Waals surface area contributed by atoms with Crippen LogP contribution < -0.4 is 4.90 Å². The highest BCUT2D eigenvalue weighted by atomic mass is 35.5. The van der Waals surface area contributed by atoms with Crippen molar-refractivity contribution < 1.29 is 4.79 Å². The zero-order valence-electron chi connectivity index (χ0n) is 18.3. The summed E-state index contributed by atoms with van der Waals surface area (Å²) in [6, 6.07) is 24.5. The van der Waals surface area contributed by atoms with Crippen LogP contribution in [0.2, 0.25) is 5.02 Å². The molecule has 1 unspecified atom stereocenters. The van der Waals surface area contributed by atoms with Crippen molar-refractivity contribution >= 4 is 34.2 Å². The third-order valence-electron chi connectivity index (χ3n) is 6.30. The van der Waals surface area contributed by atoms with Crippen molar-refractivity contribution in [2.45, 2.75) is 38.6 Å². The van der Waals surface area contributed by atoms with E-state index < -0.39 is 0 Å². The SMILES string of the molecule is CC(C)c1ccc(Cn2c(C3CC(=O)N(c4ccccc4Cl)C3)nc3ccccc32)cc1. The number of halogens is 1. The Hall–Kier alpha value is -3.11. The average molecular weight is 444 g/mol. The molecule has 1 fully saturated rings. The van der Waals surface area contributed by atoms with Gasteiger partial charge in [0.1, 0.15) is 5.82 Å². The summed E-state index contributed by atoms with van der Waals surface area (Å²) >= 11 is 6.39. The molecule has 1 atom stereocenters. The van der Waals surface area contributed by atoms with Gasteiger partial charge in [-0.05, 0) is 41.3 Å². The molecule has 4 nitrogen and oxygen atoms in total. The van der Waals surface area contributed by atoms with E-state index in [2.05, 4.69) is 48.7 Å². The van der Waals surface area contributed by atoms with Crippen LogP contribution in [-0.4, -0.2) is 22.0 Å². The topological polar surface area (TPSA) is 38.1 Å². The Morgan fingerprint density at radius 3 is 2.47 bits per heavy atom. The summed E-state index contributed by atoms with van der Waals surface area (Å²) in [5, 5.41) is 0.597. The lowest BCUT2D eigenvalue weighted by Crippen LogP contribution is -2.24. The fourth-order valence-electron chi connectivity index (χ4n) is 4.55. The normalized spacial score (nSPS) is 16.4. The molecule has 32 heavy (non-hydrogen) atoms. The highest BCUT2D eigenvalue weighted by Crippen LogP contribution is 2.36. The van der Waals surface area contributed by atoms with Crippen molar-refractivity contribution in [3.05, 3.63) is 94.8 Å². The number of anilines is 1. The Morgan fingerprint density at radius 2 is 1.72 bits per heavy atom. The number of aromatic nitrogens is 2. The molecule has 0 spiro atoms. The van der Waals surface area contributed by atoms with Crippen molar-refractivity contribution in [2.24, 2.45) is 0 Å². The summed E-state index contributed by atoms with van der Waals surface area (Å²) in [5.41, 5.74) is 5.39. The summed E-state index contributed by atoms with van der Waals surface area (Å²) in [5.74, 6) is 1.57. The highest BCUT2D eigenvalue weighted by Gasteiger charge is 2.35. The van der Waals surface area contributed by atoms with Gasteiger partial charge in [-0.15, -0.1) is 0 Å². The molecule has 5 rings (SSSR count). The van der Waals surface area contributed by atoms with Gasteiger partial charge in [0, 0.05) is 25.4 Å². The number of rotatable bonds is 5. The van der Waals surface area contributed by atoms with E-state index in [0.29, 0.717) is 23.9 Å². The number of carbonyl (C=O) groups excluding carboxylic acids is 1. The lowest BCUT2D eigenvalue weighted by molar-refractivity contribution is -0.117. The van der Waals surface area contributed by atoms with Crippen LogP contribution in [0.5, 0.6) is 0 Å². The number of para-hydroxylation sites is 3. The lowest BCUT2D eigenvalue weighted by atomic mass is 10.0. The maximum Gasteiger partial charge on any atom is 0.227 e. The maximum absolute atomic E-state index is 12.9. The lowest BCUT2D eigenvalue weighted by Gasteiger charge is -2.18. The second kappa shape index (κ2) is 8.44. The third kappa shape index (κ3) is 3.80. The van der Waals surface area contributed by atoms with Crippen LogP contribution in [0, 0.1) is 0 Å². The molecule has 3 aromatic carbocycles. The predicted octanol–water partition coefficient (Wildman–Crippen LogP) is 6.38. The Labute approximate surface area is 193 Å². The van der Waals surface area contributed by atoms with Gasteiger partial charge in [0.2, 0.25) is 5.91 Å². The minimum Gasteiger partial charge on any atom is -0.323 e. The van der Waals surface area contributed by atoms with Gasteiger partial charge >= 0.3 is 0 Å². The van der Waals surface area contributed by atoms with Crippen molar-refractivity contribution in [1.82, 2.24) is 9.55 Å². The molecule has 0 radical (unpaired) electrons. The first kappa shape index (κ1) is 20.8. The standard InChI is InChI=1S/C27H26ClN3O/c1-18(2)20-13-11-19(12-14-20)16-31-25-10-6-4-8-23(25)29-27(31)21-15-26(32)30(17-21)24-9-5-3-7-22(24)28/h3-14,18,21H,15-17H2,1-2H3. The van der Waals surface area contributed by atoms with Gasteiger partial charge in [0.15, 0.2) is 0 Å². The second-order valence-corrected chi connectivity index (χ2v) is 9.21. The zero-order chi connectivity index (χ0) is 22.2. The molecule has 1 aliphatic rings. The minimum atomic E-state index is 0.0149. The molecule has 0 saturated carbocycles. The zero-order valence-corrected chi connectivity index (χ0v) is 19.1. The van der Waals surface area contributed by atoms with Crippen LogP contribution in [-0.2, 0) is 11.3 Å². The number of hydrogen-bond donors (Lipinski definition) is 0. The van der Waals surface area contributed by atoms with Gasteiger partial charge in [-0.25, -0.2) is 4.98 Å². The average Bonchev–Trinajstić information content (AvgIpc) is 3.35. The number of benzene rings is 3. The van der Waals surface area contributed by atoms with Crippen LogP contribution in [0.4, 0.5) is 5.69 Å². The third-order valence-corrected chi connectivity index (χ3v) is 6.62. The largest absolute Gasteiger partial charge is 0.323 e. The summed E-state index contributed by atoms with van der Waals surface area (Å²) in [6.07, 6.45) is 0.431. The summed E-state index contributed by atoms with van der Waals surface area (Å²) in [6.45, 7) is 5.72. The summed E-state index contributed by atoms with van der Waals surface area (Å²) in [7, 11) is 0. The summed E-state index contributed by atoms with van der Waals surface area (Å²) in [4.78, 5) is 19.7. The predicted molar refractivity (Wildman–Crippen MR) is 131 cm³/mol. The fourth-order valence-corrected chi connectivity index (χ4v) is 4.78. The van der Waals surface area contributed by atoms with Crippen LogP contribution in [0.25, 0.3) is 11.0 Å². The van der Waals surface area contributed by atoms with Crippen molar-refractivity contribution in [1.29, 1.82) is 0 Å². The van der Waals surface area contributed by atoms with Crippen molar-refractivity contribution in [2.75, 3.05) is 11.4 Å². The van der Waals surface area contributed by atoms with E-state index in [0.717, 1.165) is 29.1 Å². The number of nitrogens with zero attached hydrogens (tertiary/aromatic N) is 3. The number of amides is 1. The first-order valence-corrected chi connectivity index (χ1v) is 11.5. The van der Waals surface area contributed by atoms with Gasteiger partial charge < -0.3 is 9.47 Å². The van der Waals surface area contributed by atoms with Crippen LogP contribution >= 0.6 is 11.6 Å². The monoisotopic (exact) mass is 443 g/mol. The first-order chi connectivity index (χ1) is 15.5. The van der Waals surface area contributed by atoms with Gasteiger partial charge in [-0.1, -0.05) is 74.0 Å². The molecule has 0 N–H and O–H groups in total. The Bertz CT molecular complexity index is 1280. The van der Waals surface area contributed by atoms with E-state index in [1.54, 1.807) is 4.90 Å². The van der Waals surface area contributed by atoms with Gasteiger partial charge in [0.05, 0.1) is 21.7 Å². The Morgan fingerprint density at radius 1 is 1.00 bits per heavy atom. The molecule has 1 saturated heterocycles. The van der Waals surface area contributed by atoms with Gasteiger partial charge in [-0.3, -0.25) is 4.79 Å². The van der Waals surface area contributed by atoms with Crippen LogP contribution in [0.15, 0.2) is 72.8 Å². The highest BCUT2D eigenvalue weighted by molar-refractivity contribution is 6.33. The molecule has 2 heterocycles. The van der Waals surface area contributed by atoms with E-state index in [1.165, 1.54) is 11.1 Å². The molecule has 1 aromatic heterocycles. The molecule has 1 amide bonds. The van der Waals surface area contributed by atoms with Gasteiger partial charge in [-0.2, -0.15) is 0 Å². The van der Waals surface area contributed by atoms with Crippen LogP contribution in [0.1, 0.15) is 49.1 Å². The number of fused-ring (bicyclic) bond motifs is 1. The van der Waals surface area contributed by atoms with E-state index in [9.17, 15) is 4.79 Å². The first-order valence-electron chi connectivity index (χ1n) is 11.1. The summed E-state index contributed by atoms with van der Waals surface area (Å²) < 4.78 is 2.27. The Balaban J connectivity index is 1.50.